The van der Waals surface area contributed by atoms with Gasteiger partial charge < -0.3 is 5.11 Å². The molecule has 1 atom stereocenters. The van der Waals surface area contributed by atoms with Gasteiger partial charge in [0.1, 0.15) is 0 Å². The highest BCUT2D eigenvalue weighted by Gasteiger charge is 2.29. The van der Waals surface area contributed by atoms with Crippen molar-refractivity contribution in [1.82, 2.24) is 4.72 Å². The van der Waals surface area contributed by atoms with Crippen LogP contribution in [0.5, 0.6) is 0 Å². The Balaban J connectivity index is 2.97. The minimum atomic E-state index is -3.56. The van der Waals surface area contributed by atoms with Gasteiger partial charge in [-0.05, 0) is 36.1 Å². The summed E-state index contributed by atoms with van der Waals surface area (Å²) in [5, 5.41) is 9.06. The number of aliphatic hydroxyl groups excluding tert-OH is 1. The fourth-order valence-corrected chi connectivity index (χ4v) is 3.41. The number of hydrogen-bond donors (Lipinski definition) is 2. The van der Waals surface area contributed by atoms with Crippen molar-refractivity contribution in [3.8, 4) is 0 Å². The molecular weight excluding hydrogens is 330 g/mol. The van der Waals surface area contributed by atoms with Gasteiger partial charge in [-0.1, -0.05) is 36.7 Å². The minimum absolute atomic E-state index is 0.0508. The minimum Gasteiger partial charge on any atom is -0.396 e. The van der Waals surface area contributed by atoms with Crippen LogP contribution in [0.25, 0.3) is 0 Å². The molecule has 1 unspecified atom stereocenters. The number of sulfonamides is 1. The first-order chi connectivity index (χ1) is 8.66. The van der Waals surface area contributed by atoms with E-state index in [1.807, 2.05) is 20.8 Å². The third-order valence-electron chi connectivity index (χ3n) is 2.88. The Kier molecular flexibility index (Phi) is 5.55. The van der Waals surface area contributed by atoms with Gasteiger partial charge in [0.25, 0.3) is 0 Å². The van der Waals surface area contributed by atoms with E-state index in [0.29, 0.717) is 6.42 Å². The highest BCUT2D eigenvalue weighted by molar-refractivity contribution is 9.10. The lowest BCUT2D eigenvalue weighted by Crippen LogP contribution is -2.44. The molecule has 1 aromatic rings. The molecule has 0 spiro atoms. The first-order valence-electron chi connectivity index (χ1n) is 6.05. The van der Waals surface area contributed by atoms with Crippen LogP contribution in [0.15, 0.2) is 33.6 Å². The summed E-state index contributed by atoms with van der Waals surface area (Å²) in [5.41, 5.74) is -0.259. The van der Waals surface area contributed by atoms with Gasteiger partial charge in [-0.3, -0.25) is 0 Å². The van der Waals surface area contributed by atoms with Gasteiger partial charge in [0.15, 0.2) is 0 Å². The molecule has 108 valence electrons. The molecule has 0 aliphatic heterocycles. The maximum absolute atomic E-state index is 12.3. The summed E-state index contributed by atoms with van der Waals surface area (Å²) in [5.74, 6) is 0. The number of aliphatic hydroxyl groups is 1. The molecule has 19 heavy (non-hydrogen) atoms. The van der Waals surface area contributed by atoms with Crippen LogP contribution in [-0.2, 0) is 10.0 Å². The molecule has 0 aromatic heterocycles. The van der Waals surface area contributed by atoms with Gasteiger partial charge in [-0.2, -0.15) is 0 Å². The summed E-state index contributed by atoms with van der Waals surface area (Å²) in [4.78, 5) is 0.225. The van der Waals surface area contributed by atoms with Crippen LogP contribution in [0.2, 0.25) is 0 Å². The van der Waals surface area contributed by atoms with Crippen molar-refractivity contribution in [2.75, 3.05) is 6.61 Å². The molecule has 4 nitrogen and oxygen atoms in total. The third kappa shape index (κ3) is 4.87. The molecule has 0 amide bonds. The summed E-state index contributed by atoms with van der Waals surface area (Å²) in [6, 6.07) is 6.15. The lowest BCUT2D eigenvalue weighted by molar-refractivity contribution is 0.214. The lowest BCUT2D eigenvalue weighted by atomic mass is 9.86. The number of benzene rings is 1. The van der Waals surface area contributed by atoms with Gasteiger partial charge in [0.2, 0.25) is 10.0 Å². The van der Waals surface area contributed by atoms with Crippen LogP contribution in [-0.4, -0.2) is 26.2 Å². The van der Waals surface area contributed by atoms with Gasteiger partial charge >= 0.3 is 0 Å². The zero-order valence-electron chi connectivity index (χ0n) is 11.4. The lowest BCUT2D eigenvalue weighted by Gasteiger charge is -2.30. The molecule has 0 saturated heterocycles. The average molecular weight is 350 g/mol. The molecule has 6 heteroatoms. The van der Waals surface area contributed by atoms with Crippen LogP contribution in [0.3, 0.4) is 0 Å². The Morgan fingerprint density at radius 2 is 1.79 bits per heavy atom. The molecule has 0 heterocycles. The standard InChI is InChI=1S/C13H20BrNO3S/c1-13(2,3)12(8-9-16)15-19(17,18)11-6-4-10(14)5-7-11/h4-7,12,15-16H,8-9H2,1-3H3. The van der Waals surface area contributed by atoms with Gasteiger partial charge in [0, 0.05) is 17.1 Å². The molecule has 0 saturated carbocycles. The normalized spacial score (nSPS) is 14.4. The highest BCUT2D eigenvalue weighted by Crippen LogP contribution is 2.24. The van der Waals surface area contributed by atoms with Crippen molar-refractivity contribution in [3.05, 3.63) is 28.7 Å². The van der Waals surface area contributed by atoms with Crippen LogP contribution in [0, 0.1) is 5.41 Å². The Labute approximate surface area is 123 Å². The molecule has 0 bridgehead atoms. The summed E-state index contributed by atoms with van der Waals surface area (Å²) in [6.45, 7) is 5.77. The quantitative estimate of drug-likeness (QED) is 0.858. The number of halogens is 1. The van der Waals surface area contributed by atoms with E-state index in [9.17, 15) is 8.42 Å². The van der Waals surface area contributed by atoms with E-state index in [2.05, 4.69) is 20.7 Å². The highest BCUT2D eigenvalue weighted by atomic mass is 79.9. The Bertz CT molecular complexity index is 506. The summed E-state index contributed by atoms with van der Waals surface area (Å²) < 4.78 is 28.0. The number of nitrogens with one attached hydrogen (secondary N) is 1. The third-order valence-corrected chi connectivity index (χ3v) is 4.90. The fourth-order valence-electron chi connectivity index (χ4n) is 1.67. The average Bonchev–Trinajstić information content (AvgIpc) is 2.27. The van der Waals surface area contributed by atoms with Crippen molar-refractivity contribution >= 4 is 26.0 Å². The van der Waals surface area contributed by atoms with E-state index in [1.165, 1.54) is 0 Å². The van der Waals surface area contributed by atoms with E-state index in [-0.39, 0.29) is 23.0 Å². The summed E-state index contributed by atoms with van der Waals surface area (Å²) in [6.07, 6.45) is 0.388. The van der Waals surface area contributed by atoms with Crippen LogP contribution in [0.1, 0.15) is 27.2 Å². The zero-order chi connectivity index (χ0) is 14.7. The maximum Gasteiger partial charge on any atom is 0.240 e. The van der Waals surface area contributed by atoms with Crippen molar-refractivity contribution in [2.45, 2.75) is 38.1 Å². The predicted molar refractivity (Wildman–Crippen MR) is 79.4 cm³/mol. The molecule has 0 radical (unpaired) electrons. The molecule has 2 N–H and O–H groups in total. The van der Waals surface area contributed by atoms with Gasteiger partial charge in [0.05, 0.1) is 4.90 Å². The molecule has 1 rings (SSSR count). The van der Waals surface area contributed by atoms with Crippen LogP contribution in [0.4, 0.5) is 0 Å². The van der Waals surface area contributed by atoms with Crippen molar-refractivity contribution in [2.24, 2.45) is 5.41 Å². The van der Waals surface area contributed by atoms with E-state index in [4.69, 9.17) is 5.11 Å². The number of rotatable bonds is 5. The Morgan fingerprint density at radius 1 is 1.26 bits per heavy atom. The van der Waals surface area contributed by atoms with Crippen LogP contribution < -0.4 is 4.72 Å². The van der Waals surface area contributed by atoms with E-state index >= 15 is 0 Å². The van der Waals surface area contributed by atoms with Crippen LogP contribution >= 0.6 is 15.9 Å². The summed E-state index contributed by atoms with van der Waals surface area (Å²) in [7, 11) is -3.56. The second-order valence-corrected chi connectivity index (χ2v) is 8.14. The maximum atomic E-state index is 12.3. The topological polar surface area (TPSA) is 66.4 Å². The second kappa shape index (κ2) is 6.35. The largest absolute Gasteiger partial charge is 0.396 e. The smallest absolute Gasteiger partial charge is 0.240 e. The van der Waals surface area contributed by atoms with Gasteiger partial charge in [-0.25, -0.2) is 13.1 Å². The number of hydrogen-bond acceptors (Lipinski definition) is 3. The van der Waals surface area contributed by atoms with E-state index < -0.39 is 10.0 Å². The first-order valence-corrected chi connectivity index (χ1v) is 8.33. The Hall–Kier alpha value is -0.430. The van der Waals surface area contributed by atoms with Gasteiger partial charge in [-0.15, -0.1) is 0 Å². The summed E-state index contributed by atoms with van der Waals surface area (Å²) >= 11 is 3.27. The second-order valence-electron chi connectivity index (χ2n) is 5.51. The zero-order valence-corrected chi connectivity index (χ0v) is 13.8. The Morgan fingerprint density at radius 3 is 2.21 bits per heavy atom. The SMILES string of the molecule is CC(C)(C)C(CCO)NS(=O)(=O)c1ccc(Br)cc1. The monoisotopic (exact) mass is 349 g/mol. The predicted octanol–water partition coefficient (Wildman–Crippen LogP) is 2.52. The van der Waals surface area contributed by atoms with Crippen molar-refractivity contribution < 1.29 is 13.5 Å². The molecule has 0 aliphatic rings. The molecule has 0 aliphatic carbocycles. The molecule has 0 fully saturated rings. The van der Waals surface area contributed by atoms with E-state index in [1.54, 1.807) is 24.3 Å². The molecule has 1 aromatic carbocycles. The molecular formula is C13H20BrNO3S. The van der Waals surface area contributed by atoms with Crippen molar-refractivity contribution in [1.29, 1.82) is 0 Å². The fraction of sp³-hybridized carbons (Fsp3) is 0.538. The first kappa shape index (κ1) is 16.6. The van der Waals surface area contributed by atoms with E-state index in [0.717, 1.165) is 4.47 Å². The van der Waals surface area contributed by atoms with Crippen molar-refractivity contribution in [3.63, 3.8) is 0 Å².